The second-order valence-electron chi connectivity index (χ2n) is 7.14. The number of rotatable bonds is 7. The van der Waals surface area contributed by atoms with Gasteiger partial charge >= 0.3 is 10.1 Å². The summed E-state index contributed by atoms with van der Waals surface area (Å²) in [7, 11) is -2.81. The number of nitrogens with zero attached hydrogens (tertiary/aromatic N) is 1. The number of methoxy groups -OCH3 is 1. The lowest BCUT2D eigenvalue weighted by Gasteiger charge is -2.14. The zero-order valence-corrected chi connectivity index (χ0v) is 22.2. The van der Waals surface area contributed by atoms with Crippen molar-refractivity contribution in [2.75, 3.05) is 12.4 Å². The van der Waals surface area contributed by atoms with Crippen LogP contribution < -0.4 is 14.2 Å². The number of carbonyl (C=O) groups excluding carboxylic acids is 1. The van der Waals surface area contributed by atoms with Crippen molar-refractivity contribution in [2.24, 2.45) is 0 Å². The number of carbonyl (C=O) groups is 1. The summed E-state index contributed by atoms with van der Waals surface area (Å²) in [4.78, 5) is 12.6. The van der Waals surface area contributed by atoms with Crippen molar-refractivity contribution < 1.29 is 22.1 Å². The summed E-state index contributed by atoms with van der Waals surface area (Å²) in [6.07, 6.45) is 1.32. The first kappa shape index (κ1) is 26.6. The largest absolute Gasteiger partial charge is 0.493 e. The SMILES string of the molecule is COc1cc(/C=C(\C#N)C(=O)Nc2ccc(Cl)c(Cl)c2)cc(Br)c1OS(=O)(=O)c1ccc(C)cc1. The van der Waals surface area contributed by atoms with Crippen LogP contribution in [0.3, 0.4) is 0 Å². The van der Waals surface area contributed by atoms with Crippen LogP contribution in [0.5, 0.6) is 11.5 Å². The fraction of sp³-hybridized carbons (Fsp3) is 0.0833. The van der Waals surface area contributed by atoms with Gasteiger partial charge in [0.1, 0.15) is 16.5 Å². The zero-order chi connectivity index (χ0) is 25.8. The van der Waals surface area contributed by atoms with E-state index in [2.05, 4.69) is 21.2 Å². The molecule has 0 saturated heterocycles. The minimum Gasteiger partial charge on any atom is -0.493 e. The van der Waals surface area contributed by atoms with Crippen LogP contribution in [0.15, 0.2) is 69.5 Å². The maximum absolute atomic E-state index is 12.7. The Labute approximate surface area is 221 Å². The highest BCUT2D eigenvalue weighted by Gasteiger charge is 2.22. The topological polar surface area (TPSA) is 105 Å². The molecule has 3 rings (SSSR count). The van der Waals surface area contributed by atoms with E-state index in [0.717, 1.165) is 5.56 Å². The van der Waals surface area contributed by atoms with E-state index < -0.39 is 16.0 Å². The average molecular weight is 596 g/mol. The lowest BCUT2D eigenvalue weighted by Crippen LogP contribution is -2.13. The van der Waals surface area contributed by atoms with Gasteiger partial charge in [-0.25, -0.2) is 0 Å². The Kier molecular flexibility index (Phi) is 8.46. The number of hydrogen-bond donors (Lipinski definition) is 1. The number of nitriles is 1. The van der Waals surface area contributed by atoms with Crippen molar-refractivity contribution in [1.82, 2.24) is 0 Å². The third-order valence-corrected chi connectivity index (χ3v) is 7.17. The zero-order valence-electron chi connectivity index (χ0n) is 18.3. The standard InChI is InChI=1S/C24H17BrCl2N2O5S/c1-14-3-6-18(7-4-14)35(31,32)34-23-19(25)10-15(11-22(23)33-2)9-16(13-28)24(30)29-17-5-8-20(26)21(27)12-17/h3-12H,1-2H3,(H,29,30)/b16-9+. The quantitative estimate of drug-likeness (QED) is 0.193. The molecule has 0 bridgehead atoms. The molecule has 35 heavy (non-hydrogen) atoms. The van der Waals surface area contributed by atoms with Crippen LogP contribution in [0.2, 0.25) is 10.0 Å². The van der Waals surface area contributed by atoms with Crippen LogP contribution in [-0.2, 0) is 14.9 Å². The van der Waals surface area contributed by atoms with Gasteiger partial charge in [0.2, 0.25) is 0 Å². The van der Waals surface area contributed by atoms with Gasteiger partial charge in [0.15, 0.2) is 11.5 Å². The molecule has 180 valence electrons. The number of halogens is 3. The summed E-state index contributed by atoms with van der Waals surface area (Å²) < 4.78 is 36.3. The smallest absolute Gasteiger partial charge is 0.339 e. The Hall–Kier alpha value is -3.03. The highest BCUT2D eigenvalue weighted by atomic mass is 79.9. The summed E-state index contributed by atoms with van der Waals surface area (Å²) in [5, 5.41) is 12.6. The molecule has 0 unspecified atom stereocenters. The van der Waals surface area contributed by atoms with Crippen LogP contribution in [0.25, 0.3) is 6.08 Å². The number of amides is 1. The molecule has 3 aromatic rings. The first-order valence-corrected chi connectivity index (χ1v) is 12.8. The summed E-state index contributed by atoms with van der Waals surface area (Å²) in [6.45, 7) is 1.84. The van der Waals surface area contributed by atoms with Gasteiger partial charge in [-0.3, -0.25) is 4.79 Å². The minimum atomic E-state index is -4.14. The van der Waals surface area contributed by atoms with E-state index in [1.165, 1.54) is 49.6 Å². The fourth-order valence-electron chi connectivity index (χ4n) is 2.85. The molecule has 0 fully saturated rings. The fourth-order valence-corrected chi connectivity index (χ4v) is 4.76. The van der Waals surface area contributed by atoms with Gasteiger partial charge in [0.25, 0.3) is 5.91 Å². The molecular formula is C24H17BrCl2N2O5S. The van der Waals surface area contributed by atoms with Gasteiger partial charge in [-0.1, -0.05) is 40.9 Å². The molecule has 0 aromatic heterocycles. The van der Waals surface area contributed by atoms with Crippen molar-refractivity contribution in [1.29, 1.82) is 5.26 Å². The van der Waals surface area contributed by atoms with E-state index in [4.69, 9.17) is 32.1 Å². The summed E-state index contributed by atoms with van der Waals surface area (Å²) in [6, 6.07) is 15.5. The molecule has 1 amide bonds. The Morgan fingerprint density at radius 1 is 1.09 bits per heavy atom. The number of ether oxygens (including phenoxy) is 1. The Balaban J connectivity index is 1.90. The molecule has 0 spiro atoms. The normalized spacial score (nSPS) is 11.5. The predicted molar refractivity (Wildman–Crippen MR) is 138 cm³/mol. The van der Waals surface area contributed by atoms with Crippen molar-refractivity contribution >= 4 is 66.9 Å². The monoisotopic (exact) mass is 594 g/mol. The Morgan fingerprint density at radius 2 is 1.77 bits per heavy atom. The van der Waals surface area contributed by atoms with Crippen LogP contribution >= 0.6 is 39.1 Å². The summed E-state index contributed by atoms with van der Waals surface area (Å²) >= 11 is 15.1. The number of benzene rings is 3. The molecule has 3 aromatic carbocycles. The van der Waals surface area contributed by atoms with E-state index in [-0.39, 0.29) is 31.5 Å². The van der Waals surface area contributed by atoms with Gasteiger partial charge in [-0.15, -0.1) is 0 Å². The van der Waals surface area contributed by atoms with Gasteiger partial charge in [-0.05, 0) is 77.0 Å². The minimum absolute atomic E-state index is 0.0215. The Morgan fingerprint density at radius 3 is 2.37 bits per heavy atom. The van der Waals surface area contributed by atoms with E-state index >= 15 is 0 Å². The van der Waals surface area contributed by atoms with Crippen LogP contribution in [0, 0.1) is 18.3 Å². The first-order chi connectivity index (χ1) is 16.5. The van der Waals surface area contributed by atoms with Crippen molar-refractivity contribution in [2.45, 2.75) is 11.8 Å². The van der Waals surface area contributed by atoms with E-state index in [1.807, 2.05) is 13.0 Å². The molecule has 0 aliphatic carbocycles. The van der Waals surface area contributed by atoms with Crippen LogP contribution in [-0.4, -0.2) is 21.4 Å². The van der Waals surface area contributed by atoms with Gasteiger partial charge in [0, 0.05) is 5.69 Å². The van der Waals surface area contributed by atoms with Crippen LogP contribution in [0.1, 0.15) is 11.1 Å². The maximum atomic E-state index is 12.7. The average Bonchev–Trinajstić information content (AvgIpc) is 2.81. The molecule has 0 aliphatic rings. The first-order valence-electron chi connectivity index (χ1n) is 9.81. The third-order valence-electron chi connectivity index (χ3n) is 4.61. The Bertz CT molecular complexity index is 1470. The highest BCUT2D eigenvalue weighted by molar-refractivity contribution is 9.10. The molecular weight excluding hydrogens is 579 g/mol. The van der Waals surface area contributed by atoms with Crippen molar-refractivity contribution in [3.8, 4) is 17.6 Å². The number of aryl methyl sites for hydroxylation is 1. The molecule has 7 nitrogen and oxygen atoms in total. The van der Waals surface area contributed by atoms with Gasteiger partial charge in [-0.2, -0.15) is 13.7 Å². The van der Waals surface area contributed by atoms with Crippen molar-refractivity contribution in [3.05, 3.63) is 85.8 Å². The summed E-state index contributed by atoms with van der Waals surface area (Å²) in [5.41, 5.74) is 1.42. The second kappa shape index (κ2) is 11.1. The van der Waals surface area contributed by atoms with E-state index in [9.17, 15) is 18.5 Å². The predicted octanol–water partition coefficient (Wildman–Crippen LogP) is 6.39. The van der Waals surface area contributed by atoms with Gasteiger partial charge in [0.05, 0.1) is 21.6 Å². The molecule has 0 atom stereocenters. The van der Waals surface area contributed by atoms with Crippen LogP contribution in [0.4, 0.5) is 5.69 Å². The molecule has 0 aliphatic heterocycles. The number of hydrogen-bond acceptors (Lipinski definition) is 6. The molecule has 0 radical (unpaired) electrons. The van der Waals surface area contributed by atoms with Crippen molar-refractivity contribution in [3.63, 3.8) is 0 Å². The molecule has 0 saturated carbocycles. The number of anilines is 1. The lowest BCUT2D eigenvalue weighted by atomic mass is 10.1. The number of nitrogens with one attached hydrogen (secondary N) is 1. The summed E-state index contributed by atoms with van der Waals surface area (Å²) in [5.74, 6) is -0.685. The lowest BCUT2D eigenvalue weighted by molar-refractivity contribution is -0.112. The highest BCUT2D eigenvalue weighted by Crippen LogP contribution is 2.39. The maximum Gasteiger partial charge on any atom is 0.339 e. The van der Waals surface area contributed by atoms with E-state index in [0.29, 0.717) is 16.3 Å². The van der Waals surface area contributed by atoms with Gasteiger partial charge < -0.3 is 14.2 Å². The third kappa shape index (κ3) is 6.55. The molecule has 0 heterocycles. The molecule has 11 heteroatoms. The van der Waals surface area contributed by atoms with E-state index in [1.54, 1.807) is 18.2 Å². The second-order valence-corrected chi connectivity index (χ2v) is 10.4. The molecule has 1 N–H and O–H groups in total.